The van der Waals surface area contributed by atoms with Crippen molar-refractivity contribution >= 4 is 23.0 Å². The maximum Gasteiger partial charge on any atom is 0.453 e. The largest absolute Gasteiger partial charge is 0.453 e. The summed E-state index contributed by atoms with van der Waals surface area (Å²) in [4.78, 5) is 6.59. The second-order valence-electron chi connectivity index (χ2n) is 5.73. The Kier molecular flexibility index (Phi) is 3.66. The normalized spacial score (nSPS) is 15.1. The molecule has 3 aromatic rings. The van der Waals surface area contributed by atoms with Crippen LogP contribution in [0.4, 0.5) is 30.5 Å². The van der Waals surface area contributed by atoms with Crippen LogP contribution in [0.25, 0.3) is 5.65 Å². The summed E-state index contributed by atoms with van der Waals surface area (Å²) in [5.74, 6) is -0.0215. The average molecular weight is 349 g/mol. The average Bonchev–Trinajstić information content (AvgIpc) is 3.24. The van der Waals surface area contributed by atoms with E-state index in [2.05, 4.69) is 30.5 Å². The van der Waals surface area contributed by atoms with Crippen LogP contribution in [0.3, 0.4) is 0 Å². The molecule has 1 N–H and O–H groups in total. The van der Waals surface area contributed by atoms with E-state index in [1.54, 1.807) is 12.3 Å². The van der Waals surface area contributed by atoms with Crippen molar-refractivity contribution in [2.24, 2.45) is 0 Å². The van der Waals surface area contributed by atoms with Crippen LogP contribution >= 0.6 is 0 Å². The van der Waals surface area contributed by atoms with E-state index in [-0.39, 0.29) is 11.5 Å². The lowest BCUT2D eigenvalue weighted by atomic mass is 10.3. The molecule has 4 heterocycles. The van der Waals surface area contributed by atoms with Crippen LogP contribution in [0.15, 0.2) is 30.5 Å². The van der Waals surface area contributed by atoms with Crippen molar-refractivity contribution in [1.82, 2.24) is 24.8 Å². The summed E-state index contributed by atoms with van der Waals surface area (Å²) < 4.78 is 39.4. The number of nitrogens with zero attached hydrogens (tertiary/aromatic N) is 6. The van der Waals surface area contributed by atoms with E-state index in [0.717, 1.165) is 31.7 Å². The van der Waals surface area contributed by atoms with E-state index in [9.17, 15) is 13.2 Å². The van der Waals surface area contributed by atoms with Gasteiger partial charge >= 0.3 is 6.18 Å². The first-order valence-electron chi connectivity index (χ1n) is 7.78. The number of halogens is 3. The molecule has 10 heteroatoms. The van der Waals surface area contributed by atoms with Crippen molar-refractivity contribution in [3.05, 3.63) is 36.3 Å². The van der Waals surface area contributed by atoms with E-state index in [1.807, 2.05) is 12.1 Å². The van der Waals surface area contributed by atoms with Crippen molar-refractivity contribution in [3.8, 4) is 0 Å². The molecule has 1 fully saturated rings. The van der Waals surface area contributed by atoms with Crippen molar-refractivity contribution in [3.63, 3.8) is 0 Å². The Morgan fingerprint density at radius 3 is 2.48 bits per heavy atom. The van der Waals surface area contributed by atoms with Gasteiger partial charge < -0.3 is 10.2 Å². The molecular formula is C15H14F3N7. The summed E-state index contributed by atoms with van der Waals surface area (Å²) in [5, 5.41) is 13.5. The molecule has 130 valence electrons. The highest BCUT2D eigenvalue weighted by molar-refractivity contribution is 5.58. The minimum atomic E-state index is -4.62. The second kappa shape index (κ2) is 5.87. The smallest absolute Gasteiger partial charge is 0.357 e. The third kappa shape index (κ3) is 3.06. The molecule has 0 atom stereocenters. The van der Waals surface area contributed by atoms with Gasteiger partial charge in [-0.2, -0.15) is 17.7 Å². The van der Waals surface area contributed by atoms with Crippen molar-refractivity contribution < 1.29 is 13.2 Å². The fraction of sp³-hybridized carbons (Fsp3) is 0.333. The predicted molar refractivity (Wildman–Crippen MR) is 84.8 cm³/mol. The summed E-state index contributed by atoms with van der Waals surface area (Å²) in [7, 11) is 0. The monoisotopic (exact) mass is 349 g/mol. The standard InChI is InChI=1S/C15H14F3N7/c16-15(17,18)14-22-21-13-6-4-11(23-25(13)14)20-10-3-5-12(19-9-10)24-7-1-2-8-24/h3-6,9H,1-2,7-8H2,(H,20,23). The molecule has 0 radical (unpaired) electrons. The molecule has 0 saturated carbocycles. The van der Waals surface area contributed by atoms with Crippen LogP contribution in [-0.2, 0) is 6.18 Å². The van der Waals surface area contributed by atoms with Gasteiger partial charge in [0.05, 0.1) is 11.9 Å². The molecule has 7 nitrogen and oxygen atoms in total. The van der Waals surface area contributed by atoms with Gasteiger partial charge in [0.2, 0.25) is 0 Å². The Labute approximate surface area is 140 Å². The number of aromatic nitrogens is 5. The Hall–Kier alpha value is -2.91. The molecule has 0 spiro atoms. The van der Waals surface area contributed by atoms with Gasteiger partial charge in [-0.3, -0.25) is 0 Å². The number of pyridine rings is 1. The van der Waals surface area contributed by atoms with E-state index in [1.165, 1.54) is 6.07 Å². The highest BCUT2D eigenvalue weighted by atomic mass is 19.4. The first-order chi connectivity index (χ1) is 12.0. The zero-order valence-corrected chi connectivity index (χ0v) is 13.0. The molecule has 1 aliphatic heterocycles. The van der Waals surface area contributed by atoms with Crippen LogP contribution in [0.5, 0.6) is 0 Å². The highest BCUT2D eigenvalue weighted by Gasteiger charge is 2.37. The van der Waals surface area contributed by atoms with Crippen LogP contribution in [0, 0.1) is 0 Å². The van der Waals surface area contributed by atoms with Gasteiger partial charge in [-0.1, -0.05) is 0 Å². The van der Waals surface area contributed by atoms with Gasteiger partial charge in [0.25, 0.3) is 5.82 Å². The molecular weight excluding hydrogens is 335 g/mol. The molecule has 3 aromatic heterocycles. The Balaban J connectivity index is 1.57. The lowest BCUT2D eigenvalue weighted by Gasteiger charge is -2.16. The lowest BCUT2D eigenvalue weighted by Crippen LogP contribution is -2.18. The first kappa shape index (κ1) is 15.6. The third-order valence-corrected chi connectivity index (χ3v) is 3.97. The predicted octanol–water partition coefficient (Wildman–Crippen LogP) is 2.88. The van der Waals surface area contributed by atoms with E-state index >= 15 is 0 Å². The molecule has 4 rings (SSSR count). The third-order valence-electron chi connectivity index (χ3n) is 3.97. The highest BCUT2D eigenvalue weighted by Crippen LogP contribution is 2.28. The van der Waals surface area contributed by atoms with Gasteiger partial charge in [-0.05, 0) is 37.1 Å². The van der Waals surface area contributed by atoms with Crippen molar-refractivity contribution in [1.29, 1.82) is 0 Å². The van der Waals surface area contributed by atoms with E-state index < -0.39 is 12.0 Å². The zero-order chi connectivity index (χ0) is 17.4. The summed E-state index contributed by atoms with van der Waals surface area (Å²) >= 11 is 0. The Bertz CT molecular complexity index is 882. The van der Waals surface area contributed by atoms with Gasteiger partial charge in [0, 0.05) is 13.1 Å². The molecule has 1 aliphatic rings. The topological polar surface area (TPSA) is 71.2 Å². The number of rotatable bonds is 3. The molecule has 0 unspecified atom stereocenters. The lowest BCUT2D eigenvalue weighted by molar-refractivity contribution is -0.146. The summed E-state index contributed by atoms with van der Waals surface area (Å²) in [6, 6.07) is 6.66. The van der Waals surface area contributed by atoms with E-state index in [0.29, 0.717) is 10.2 Å². The van der Waals surface area contributed by atoms with Gasteiger partial charge in [-0.15, -0.1) is 15.3 Å². The first-order valence-corrected chi connectivity index (χ1v) is 7.78. The summed E-state index contributed by atoms with van der Waals surface area (Å²) in [6.07, 6.45) is -0.668. The Morgan fingerprint density at radius 1 is 1.00 bits per heavy atom. The van der Waals surface area contributed by atoms with Crippen molar-refractivity contribution in [2.75, 3.05) is 23.3 Å². The maximum absolute atomic E-state index is 12.9. The Morgan fingerprint density at radius 2 is 1.80 bits per heavy atom. The fourth-order valence-corrected chi connectivity index (χ4v) is 2.77. The van der Waals surface area contributed by atoms with Crippen molar-refractivity contribution in [2.45, 2.75) is 19.0 Å². The van der Waals surface area contributed by atoms with Crippen LogP contribution in [0.2, 0.25) is 0 Å². The van der Waals surface area contributed by atoms with E-state index in [4.69, 9.17) is 0 Å². The molecule has 0 aliphatic carbocycles. The minimum absolute atomic E-state index is 0.0281. The van der Waals surface area contributed by atoms with Crippen LogP contribution in [-0.4, -0.2) is 37.9 Å². The van der Waals surface area contributed by atoms with Crippen LogP contribution in [0.1, 0.15) is 18.7 Å². The number of fused-ring (bicyclic) bond motifs is 1. The van der Waals surface area contributed by atoms with Gasteiger partial charge in [0.15, 0.2) is 11.5 Å². The molecule has 0 aromatic carbocycles. The summed E-state index contributed by atoms with van der Waals surface area (Å²) in [5.41, 5.74) is 0.664. The van der Waals surface area contributed by atoms with Gasteiger partial charge in [0.1, 0.15) is 5.82 Å². The molecule has 0 bridgehead atoms. The number of alkyl halides is 3. The second-order valence-corrected chi connectivity index (χ2v) is 5.73. The molecule has 0 amide bonds. The fourth-order valence-electron chi connectivity index (χ4n) is 2.77. The zero-order valence-electron chi connectivity index (χ0n) is 13.0. The molecule has 25 heavy (non-hydrogen) atoms. The number of hydrogen-bond acceptors (Lipinski definition) is 6. The van der Waals surface area contributed by atoms with Gasteiger partial charge in [-0.25, -0.2) is 4.98 Å². The minimum Gasteiger partial charge on any atom is -0.357 e. The SMILES string of the molecule is FC(F)(F)c1nnc2ccc(Nc3ccc(N4CCCC4)nc3)nn12. The summed E-state index contributed by atoms with van der Waals surface area (Å²) in [6.45, 7) is 1.98. The van der Waals surface area contributed by atoms with Crippen LogP contribution < -0.4 is 10.2 Å². The number of anilines is 3. The number of hydrogen-bond donors (Lipinski definition) is 1. The number of nitrogens with one attached hydrogen (secondary N) is 1. The maximum atomic E-state index is 12.9. The quantitative estimate of drug-likeness (QED) is 0.784. The molecule has 1 saturated heterocycles.